The Kier molecular flexibility index (Phi) is 2.31. The van der Waals surface area contributed by atoms with Crippen LogP contribution < -0.4 is 10.6 Å². The lowest BCUT2D eigenvalue weighted by Gasteiger charge is -2.31. The largest absolute Gasteiger partial charge is 0.390 e. The van der Waals surface area contributed by atoms with E-state index in [-0.39, 0.29) is 17.5 Å². The lowest BCUT2D eigenvalue weighted by atomic mass is 10.1. The van der Waals surface area contributed by atoms with Gasteiger partial charge in [-0.25, -0.2) is 8.42 Å². The van der Waals surface area contributed by atoms with Crippen molar-refractivity contribution in [3.8, 4) is 0 Å². The molecular formula is C7H14N2O3S. The molecule has 0 aromatic heterocycles. The maximum atomic E-state index is 11.1. The van der Waals surface area contributed by atoms with E-state index in [9.17, 15) is 13.5 Å². The lowest BCUT2D eigenvalue weighted by Crippen LogP contribution is -2.60. The van der Waals surface area contributed by atoms with Crippen LogP contribution in [0.25, 0.3) is 0 Å². The second kappa shape index (κ2) is 3.20. The van der Waals surface area contributed by atoms with Gasteiger partial charge in [-0.1, -0.05) is 0 Å². The summed E-state index contributed by atoms with van der Waals surface area (Å²) in [5.74, 6) is -0.0184. The predicted molar refractivity (Wildman–Crippen MR) is 48.2 cm³/mol. The fourth-order valence-corrected chi connectivity index (χ4v) is 3.45. The van der Waals surface area contributed by atoms with Crippen LogP contribution in [0.4, 0.5) is 0 Å². The molecule has 0 aromatic rings. The number of aliphatic hydroxyl groups is 1. The van der Waals surface area contributed by atoms with Gasteiger partial charge in [-0.05, 0) is 0 Å². The Morgan fingerprint density at radius 3 is 2.38 bits per heavy atom. The fraction of sp³-hybridized carbons (Fsp3) is 1.00. The van der Waals surface area contributed by atoms with Crippen LogP contribution in [0.1, 0.15) is 0 Å². The van der Waals surface area contributed by atoms with Crippen molar-refractivity contribution in [3.05, 3.63) is 0 Å². The zero-order chi connectivity index (χ0) is 9.47. The Labute approximate surface area is 77.4 Å². The number of aliphatic hydroxyl groups excluding tert-OH is 1. The van der Waals surface area contributed by atoms with Gasteiger partial charge in [-0.3, -0.25) is 0 Å². The van der Waals surface area contributed by atoms with E-state index in [1.807, 2.05) is 0 Å². The van der Waals surface area contributed by atoms with Crippen molar-refractivity contribution in [3.63, 3.8) is 0 Å². The molecule has 2 aliphatic heterocycles. The van der Waals surface area contributed by atoms with Crippen LogP contribution in [-0.4, -0.2) is 56.3 Å². The van der Waals surface area contributed by atoms with Crippen molar-refractivity contribution in [1.82, 2.24) is 10.6 Å². The van der Waals surface area contributed by atoms with E-state index in [0.717, 1.165) is 13.1 Å². The summed E-state index contributed by atoms with van der Waals surface area (Å²) >= 11 is 0. The smallest absolute Gasteiger partial charge is 0.154 e. The van der Waals surface area contributed by atoms with Crippen LogP contribution in [0.5, 0.6) is 0 Å². The highest BCUT2D eigenvalue weighted by Gasteiger charge is 2.37. The SMILES string of the molecule is O=S1(=O)C[C@@H](O)[C@H](NC2CNC2)C1. The Morgan fingerprint density at radius 1 is 1.31 bits per heavy atom. The van der Waals surface area contributed by atoms with Crippen molar-refractivity contribution in [2.75, 3.05) is 24.6 Å². The first-order valence-electron chi connectivity index (χ1n) is 4.42. The van der Waals surface area contributed by atoms with Crippen LogP contribution in [0.15, 0.2) is 0 Å². The highest BCUT2D eigenvalue weighted by molar-refractivity contribution is 7.91. The van der Waals surface area contributed by atoms with E-state index >= 15 is 0 Å². The quantitative estimate of drug-likeness (QED) is 0.474. The minimum atomic E-state index is -3.01. The number of hydrogen-bond acceptors (Lipinski definition) is 5. The van der Waals surface area contributed by atoms with Crippen molar-refractivity contribution in [1.29, 1.82) is 0 Å². The van der Waals surface area contributed by atoms with E-state index in [1.165, 1.54) is 0 Å². The third-order valence-corrected chi connectivity index (χ3v) is 4.27. The van der Waals surface area contributed by atoms with E-state index in [4.69, 9.17) is 0 Å². The first-order chi connectivity index (χ1) is 6.07. The number of nitrogens with one attached hydrogen (secondary N) is 2. The highest BCUT2D eigenvalue weighted by atomic mass is 32.2. The lowest BCUT2D eigenvalue weighted by molar-refractivity contribution is 0.151. The molecule has 6 heteroatoms. The molecule has 76 valence electrons. The number of sulfone groups is 1. The minimum absolute atomic E-state index is 0.0741. The fourth-order valence-electron chi connectivity index (χ4n) is 1.70. The summed E-state index contributed by atoms with van der Waals surface area (Å²) in [4.78, 5) is 0. The van der Waals surface area contributed by atoms with Gasteiger partial charge in [0.2, 0.25) is 0 Å². The first-order valence-corrected chi connectivity index (χ1v) is 6.24. The van der Waals surface area contributed by atoms with Gasteiger partial charge in [0.1, 0.15) is 0 Å². The first kappa shape index (κ1) is 9.39. The Balaban J connectivity index is 1.92. The van der Waals surface area contributed by atoms with Crippen LogP contribution in [0.2, 0.25) is 0 Å². The van der Waals surface area contributed by atoms with Gasteiger partial charge in [-0.2, -0.15) is 0 Å². The summed E-state index contributed by atoms with van der Waals surface area (Å²) in [6.45, 7) is 1.73. The van der Waals surface area contributed by atoms with Gasteiger partial charge in [0.05, 0.1) is 17.6 Å². The van der Waals surface area contributed by atoms with Crippen LogP contribution in [0.3, 0.4) is 0 Å². The van der Waals surface area contributed by atoms with Gasteiger partial charge in [0.15, 0.2) is 9.84 Å². The molecule has 0 saturated carbocycles. The van der Waals surface area contributed by atoms with E-state index < -0.39 is 15.9 Å². The Bertz CT molecular complexity index is 286. The molecule has 0 spiro atoms. The van der Waals surface area contributed by atoms with Crippen LogP contribution in [-0.2, 0) is 9.84 Å². The van der Waals surface area contributed by atoms with Gasteiger partial charge in [0, 0.05) is 25.2 Å². The molecule has 2 saturated heterocycles. The van der Waals surface area contributed by atoms with Gasteiger partial charge in [0.25, 0.3) is 0 Å². The summed E-state index contributed by atoms with van der Waals surface area (Å²) in [6.07, 6.45) is -0.731. The molecule has 2 rings (SSSR count). The average molecular weight is 206 g/mol. The molecule has 0 bridgehead atoms. The van der Waals surface area contributed by atoms with Gasteiger partial charge >= 0.3 is 0 Å². The number of hydrogen-bond donors (Lipinski definition) is 3. The Morgan fingerprint density at radius 2 is 2.00 bits per heavy atom. The summed E-state index contributed by atoms with van der Waals surface area (Å²) in [6, 6.07) is 0.0602. The Hall–Kier alpha value is -0.170. The molecule has 0 unspecified atom stereocenters. The molecule has 0 amide bonds. The molecular weight excluding hydrogens is 192 g/mol. The third-order valence-electron chi connectivity index (χ3n) is 2.55. The van der Waals surface area contributed by atoms with Crippen molar-refractivity contribution >= 4 is 9.84 Å². The second-order valence-electron chi connectivity index (χ2n) is 3.77. The molecule has 2 aliphatic rings. The molecule has 2 heterocycles. The van der Waals surface area contributed by atoms with E-state index in [0.29, 0.717) is 6.04 Å². The summed E-state index contributed by atoms with van der Waals surface area (Å²) in [7, 11) is -3.01. The van der Waals surface area contributed by atoms with Crippen LogP contribution >= 0.6 is 0 Å². The minimum Gasteiger partial charge on any atom is -0.390 e. The summed E-state index contributed by atoms with van der Waals surface area (Å²) in [5.41, 5.74) is 0. The van der Waals surface area contributed by atoms with Crippen molar-refractivity contribution in [2.24, 2.45) is 0 Å². The molecule has 13 heavy (non-hydrogen) atoms. The molecule has 0 radical (unpaired) electrons. The molecule has 2 fully saturated rings. The summed E-state index contributed by atoms with van der Waals surface area (Å²) < 4.78 is 22.2. The normalized spacial score (nSPS) is 38.8. The van der Waals surface area contributed by atoms with E-state index in [1.54, 1.807) is 0 Å². The average Bonchev–Trinajstić information content (AvgIpc) is 2.16. The number of rotatable bonds is 2. The molecule has 5 nitrogen and oxygen atoms in total. The highest BCUT2D eigenvalue weighted by Crippen LogP contribution is 2.13. The monoisotopic (exact) mass is 206 g/mol. The van der Waals surface area contributed by atoms with Crippen LogP contribution in [0, 0.1) is 0 Å². The topological polar surface area (TPSA) is 78.4 Å². The second-order valence-corrected chi connectivity index (χ2v) is 5.93. The zero-order valence-electron chi connectivity index (χ0n) is 7.23. The van der Waals surface area contributed by atoms with E-state index in [2.05, 4.69) is 10.6 Å². The zero-order valence-corrected chi connectivity index (χ0v) is 8.05. The molecule has 3 N–H and O–H groups in total. The maximum Gasteiger partial charge on any atom is 0.154 e. The van der Waals surface area contributed by atoms with Crippen molar-refractivity contribution < 1.29 is 13.5 Å². The van der Waals surface area contributed by atoms with Crippen molar-refractivity contribution in [2.45, 2.75) is 18.2 Å². The molecule has 2 atom stereocenters. The summed E-state index contributed by atoms with van der Waals surface area (Å²) in [5, 5.41) is 15.6. The maximum absolute atomic E-state index is 11.1. The standard InChI is InChI=1S/C7H14N2O3S/c10-7-4-13(11,12)3-6(7)9-5-1-8-2-5/h5-10H,1-4H2/t6-,7-/m1/s1. The molecule has 0 aliphatic carbocycles. The third kappa shape index (κ3) is 2.01. The predicted octanol–water partition coefficient (Wildman–Crippen LogP) is -2.29. The molecule has 0 aromatic carbocycles. The van der Waals surface area contributed by atoms with Gasteiger partial charge < -0.3 is 15.7 Å². The van der Waals surface area contributed by atoms with Gasteiger partial charge in [-0.15, -0.1) is 0 Å².